The van der Waals surface area contributed by atoms with Gasteiger partial charge in [0.05, 0.1) is 12.2 Å². The van der Waals surface area contributed by atoms with E-state index in [4.69, 9.17) is 4.74 Å². The Balaban J connectivity index is 1.66. The van der Waals surface area contributed by atoms with Crippen LogP contribution in [0, 0.1) is 23.5 Å². The molecule has 41 heavy (non-hydrogen) atoms. The highest BCUT2D eigenvalue weighted by atomic mass is 19.1. The van der Waals surface area contributed by atoms with E-state index >= 15 is 8.78 Å². The molecule has 4 rings (SSSR count). The van der Waals surface area contributed by atoms with Gasteiger partial charge in [-0.25, -0.2) is 8.78 Å². The van der Waals surface area contributed by atoms with Crippen molar-refractivity contribution in [1.82, 2.24) is 0 Å². The lowest BCUT2D eigenvalue weighted by Crippen LogP contribution is -2.10. The maximum Gasteiger partial charge on any atom is 0.134 e. The Hall–Kier alpha value is -2.68. The molecule has 0 aromatic heterocycles. The van der Waals surface area contributed by atoms with Crippen LogP contribution in [0.3, 0.4) is 0 Å². The van der Waals surface area contributed by atoms with Crippen molar-refractivity contribution in [3.05, 3.63) is 76.4 Å². The zero-order chi connectivity index (χ0) is 29.5. The maximum atomic E-state index is 15.9. The summed E-state index contributed by atoms with van der Waals surface area (Å²) in [6.45, 7) is 13.7. The third-order valence-corrected chi connectivity index (χ3v) is 9.63. The molecule has 0 unspecified atom stereocenters. The van der Waals surface area contributed by atoms with Crippen LogP contribution in [0.1, 0.15) is 115 Å². The van der Waals surface area contributed by atoms with Gasteiger partial charge in [-0.2, -0.15) is 0 Å². The molecule has 3 aromatic carbocycles. The van der Waals surface area contributed by atoms with Gasteiger partial charge in [-0.1, -0.05) is 91.5 Å². The highest BCUT2D eigenvalue weighted by molar-refractivity contribution is 5.76. The summed E-state index contributed by atoms with van der Waals surface area (Å²) in [6, 6.07) is 13.3. The first kappa shape index (κ1) is 31.3. The lowest BCUT2D eigenvalue weighted by molar-refractivity contribution is 0.267. The van der Waals surface area contributed by atoms with Gasteiger partial charge < -0.3 is 4.74 Å². The summed E-state index contributed by atoms with van der Waals surface area (Å²) in [7, 11) is 0. The number of hydrogen-bond acceptors (Lipinski definition) is 1. The van der Waals surface area contributed by atoms with Gasteiger partial charge in [-0.3, -0.25) is 0 Å². The fraction of sp³-hybridized carbons (Fsp3) is 0.526. The van der Waals surface area contributed by atoms with Crippen molar-refractivity contribution in [3.63, 3.8) is 0 Å². The van der Waals surface area contributed by atoms with Crippen molar-refractivity contribution in [2.45, 2.75) is 112 Å². The van der Waals surface area contributed by atoms with Gasteiger partial charge in [-0.15, -0.1) is 0 Å². The SMILES string of the molecule is CCc1cc(-c2c(F)cc(-c3ccc(C4CCC(C)CC4)cc3)cc2F)c(CC)c(CC)c1OCCC(CC)CC. The van der Waals surface area contributed by atoms with Crippen LogP contribution in [-0.4, -0.2) is 6.61 Å². The number of hydrogen-bond donors (Lipinski definition) is 0. The molecule has 1 fully saturated rings. The van der Waals surface area contributed by atoms with E-state index in [-0.39, 0.29) is 5.56 Å². The van der Waals surface area contributed by atoms with Crippen LogP contribution < -0.4 is 4.74 Å². The quantitative estimate of drug-likeness (QED) is 0.214. The molecule has 0 heterocycles. The topological polar surface area (TPSA) is 9.23 Å². The number of halogens is 2. The van der Waals surface area contributed by atoms with Crippen LogP contribution >= 0.6 is 0 Å². The maximum absolute atomic E-state index is 15.9. The molecule has 0 N–H and O–H groups in total. The zero-order valence-corrected chi connectivity index (χ0v) is 26.2. The Morgan fingerprint density at radius 1 is 0.756 bits per heavy atom. The van der Waals surface area contributed by atoms with Crippen molar-refractivity contribution in [3.8, 4) is 28.0 Å². The molecule has 0 radical (unpaired) electrons. The van der Waals surface area contributed by atoms with Gasteiger partial charge in [0.1, 0.15) is 17.4 Å². The largest absolute Gasteiger partial charge is 0.493 e. The molecule has 1 nitrogen and oxygen atoms in total. The molecule has 1 aliphatic rings. The minimum absolute atomic E-state index is 0.0755. The Morgan fingerprint density at radius 3 is 1.90 bits per heavy atom. The first-order chi connectivity index (χ1) is 19.8. The van der Waals surface area contributed by atoms with Crippen LogP contribution in [-0.2, 0) is 19.3 Å². The predicted octanol–water partition coefficient (Wildman–Crippen LogP) is 11.5. The van der Waals surface area contributed by atoms with E-state index in [1.807, 2.05) is 18.2 Å². The molecule has 0 atom stereocenters. The summed E-state index contributed by atoms with van der Waals surface area (Å²) in [5.41, 5.74) is 6.60. The highest BCUT2D eigenvalue weighted by Crippen LogP contribution is 2.41. The normalized spacial score (nSPS) is 17.3. The average Bonchev–Trinajstić information content (AvgIpc) is 2.99. The van der Waals surface area contributed by atoms with Gasteiger partial charge in [0, 0.05) is 0 Å². The van der Waals surface area contributed by atoms with Crippen molar-refractivity contribution in [1.29, 1.82) is 0 Å². The molecular weight excluding hydrogens is 510 g/mol. The minimum Gasteiger partial charge on any atom is -0.493 e. The molecule has 222 valence electrons. The highest BCUT2D eigenvalue weighted by Gasteiger charge is 2.24. The Labute approximate surface area is 247 Å². The van der Waals surface area contributed by atoms with Gasteiger partial charge in [0.25, 0.3) is 0 Å². The standard InChI is InChI=1S/C38H50F2O/c1-7-26(8-2)20-21-41-38-27(9-3)22-34(32(10-4)33(38)11-5)37-35(39)23-31(24-36(37)40)30-18-16-29(17-19-30)28-14-12-25(6)13-15-28/h16-19,22-26,28H,7-15,20-21H2,1-6H3. The summed E-state index contributed by atoms with van der Waals surface area (Å²) in [6.07, 6.45) is 10.5. The first-order valence-corrected chi connectivity index (χ1v) is 16.2. The van der Waals surface area contributed by atoms with E-state index in [0.29, 0.717) is 36.0 Å². The predicted molar refractivity (Wildman–Crippen MR) is 170 cm³/mol. The Kier molecular flexibility index (Phi) is 11.0. The molecule has 0 saturated heterocycles. The molecular formula is C38H50F2O. The summed E-state index contributed by atoms with van der Waals surface area (Å²) in [5.74, 6) is 1.97. The molecule has 1 saturated carbocycles. The van der Waals surface area contributed by atoms with Gasteiger partial charge >= 0.3 is 0 Å². The van der Waals surface area contributed by atoms with Crippen LogP contribution in [0.15, 0.2) is 42.5 Å². The minimum atomic E-state index is -0.508. The third-order valence-electron chi connectivity index (χ3n) is 9.63. The Morgan fingerprint density at radius 2 is 1.37 bits per heavy atom. The van der Waals surface area contributed by atoms with E-state index in [2.05, 4.69) is 53.7 Å². The Bertz CT molecular complexity index is 1260. The summed E-state index contributed by atoms with van der Waals surface area (Å²) in [5, 5.41) is 0. The second-order valence-corrected chi connectivity index (χ2v) is 12.1. The van der Waals surface area contributed by atoms with Gasteiger partial charge in [0.2, 0.25) is 0 Å². The molecule has 0 amide bonds. The fourth-order valence-electron chi connectivity index (χ4n) is 6.83. The monoisotopic (exact) mass is 560 g/mol. The molecule has 0 bridgehead atoms. The summed E-state index contributed by atoms with van der Waals surface area (Å²) in [4.78, 5) is 0. The van der Waals surface area contributed by atoms with Gasteiger partial charge in [0.15, 0.2) is 0 Å². The second kappa shape index (κ2) is 14.5. The first-order valence-electron chi connectivity index (χ1n) is 16.2. The summed E-state index contributed by atoms with van der Waals surface area (Å²) >= 11 is 0. The van der Waals surface area contributed by atoms with Crippen LogP contribution in [0.2, 0.25) is 0 Å². The molecule has 0 aliphatic heterocycles. The van der Waals surface area contributed by atoms with Crippen LogP contribution in [0.25, 0.3) is 22.3 Å². The van der Waals surface area contributed by atoms with E-state index < -0.39 is 11.6 Å². The fourth-order valence-corrected chi connectivity index (χ4v) is 6.83. The number of rotatable bonds is 12. The molecule has 0 spiro atoms. The van der Waals surface area contributed by atoms with E-state index in [0.717, 1.165) is 66.0 Å². The lowest BCUT2D eigenvalue weighted by Gasteiger charge is -2.26. The van der Waals surface area contributed by atoms with E-state index in [1.165, 1.54) is 43.4 Å². The number of aryl methyl sites for hydroxylation is 1. The molecule has 3 heteroatoms. The van der Waals surface area contributed by atoms with Crippen molar-refractivity contribution in [2.75, 3.05) is 6.61 Å². The number of ether oxygens (including phenoxy) is 1. The average molecular weight is 561 g/mol. The van der Waals surface area contributed by atoms with Crippen molar-refractivity contribution < 1.29 is 13.5 Å². The number of benzene rings is 3. The van der Waals surface area contributed by atoms with Crippen LogP contribution in [0.4, 0.5) is 8.78 Å². The van der Waals surface area contributed by atoms with E-state index in [1.54, 1.807) is 0 Å². The smallest absolute Gasteiger partial charge is 0.134 e. The zero-order valence-electron chi connectivity index (χ0n) is 26.2. The third kappa shape index (κ3) is 7.04. The van der Waals surface area contributed by atoms with Crippen LogP contribution in [0.5, 0.6) is 5.75 Å². The molecule has 1 aliphatic carbocycles. The lowest BCUT2D eigenvalue weighted by atomic mass is 9.79. The van der Waals surface area contributed by atoms with Gasteiger partial charge in [-0.05, 0) is 113 Å². The molecule has 3 aromatic rings. The second-order valence-electron chi connectivity index (χ2n) is 12.1. The summed E-state index contributed by atoms with van der Waals surface area (Å²) < 4.78 is 38.2. The van der Waals surface area contributed by atoms with E-state index in [9.17, 15) is 0 Å². The van der Waals surface area contributed by atoms with Crippen molar-refractivity contribution >= 4 is 0 Å². The van der Waals surface area contributed by atoms with Crippen molar-refractivity contribution in [2.24, 2.45) is 11.8 Å².